The lowest BCUT2D eigenvalue weighted by molar-refractivity contribution is 0.134. The molecule has 0 bridgehead atoms. The van der Waals surface area contributed by atoms with Gasteiger partial charge >= 0.3 is 0 Å². The number of fused-ring (bicyclic) bond motifs is 4. The van der Waals surface area contributed by atoms with Gasteiger partial charge in [-0.1, -0.05) is 6.07 Å². The summed E-state index contributed by atoms with van der Waals surface area (Å²) in [5.41, 5.74) is 6.59. The Hall–Kier alpha value is -3.18. The number of hydrogen-bond donors (Lipinski definition) is 2. The van der Waals surface area contributed by atoms with Crippen LogP contribution >= 0.6 is 0 Å². The summed E-state index contributed by atoms with van der Waals surface area (Å²) in [5, 5.41) is 23.8. The summed E-state index contributed by atoms with van der Waals surface area (Å²) in [6.07, 6.45) is 1.76. The third-order valence-electron chi connectivity index (χ3n) is 7.78. The molecule has 2 saturated heterocycles. The van der Waals surface area contributed by atoms with Crippen molar-refractivity contribution in [1.82, 2.24) is 15.2 Å². The van der Waals surface area contributed by atoms with E-state index in [1.54, 1.807) is 6.20 Å². The molecule has 3 aliphatic rings. The average molecular weight is 455 g/mol. The van der Waals surface area contributed by atoms with Crippen LogP contribution in [0.4, 0.5) is 11.4 Å². The quantitative estimate of drug-likeness (QED) is 0.630. The van der Waals surface area contributed by atoms with Crippen molar-refractivity contribution in [2.24, 2.45) is 0 Å². The molecular formula is C27H30N6O. The smallest absolute Gasteiger partial charge is 0.101 e. The fraction of sp³-hybridized carbons (Fsp3) is 0.407. The van der Waals surface area contributed by atoms with Crippen LogP contribution in [0.25, 0.3) is 10.9 Å². The Morgan fingerprint density at radius 1 is 1.21 bits per heavy atom. The zero-order valence-electron chi connectivity index (χ0n) is 19.5. The minimum Gasteiger partial charge on any atom is -0.394 e. The van der Waals surface area contributed by atoms with Crippen LogP contribution in [0.15, 0.2) is 48.7 Å². The van der Waals surface area contributed by atoms with E-state index in [2.05, 4.69) is 68.3 Å². The lowest BCUT2D eigenvalue weighted by Gasteiger charge is -2.44. The molecule has 3 aromatic rings. The highest BCUT2D eigenvalue weighted by Gasteiger charge is 2.39. The van der Waals surface area contributed by atoms with Crippen molar-refractivity contribution in [2.45, 2.75) is 31.6 Å². The maximum Gasteiger partial charge on any atom is 0.101 e. The van der Waals surface area contributed by atoms with E-state index in [1.165, 1.54) is 16.8 Å². The Balaban J connectivity index is 1.32. The number of rotatable bonds is 3. The van der Waals surface area contributed by atoms with E-state index >= 15 is 0 Å². The highest BCUT2D eigenvalue weighted by atomic mass is 16.3. The van der Waals surface area contributed by atoms with Gasteiger partial charge in [0, 0.05) is 68.3 Å². The molecule has 0 amide bonds. The zero-order chi connectivity index (χ0) is 23.2. The second kappa shape index (κ2) is 8.55. The third-order valence-corrected chi connectivity index (χ3v) is 7.78. The van der Waals surface area contributed by atoms with Crippen molar-refractivity contribution in [3.8, 4) is 6.07 Å². The average Bonchev–Trinajstić information content (AvgIpc) is 3.26. The Kier molecular flexibility index (Phi) is 5.37. The molecule has 0 saturated carbocycles. The Labute approximate surface area is 200 Å². The van der Waals surface area contributed by atoms with E-state index in [0.29, 0.717) is 17.6 Å². The van der Waals surface area contributed by atoms with Crippen LogP contribution in [0.5, 0.6) is 0 Å². The SMILES string of the molecule is C[C@@H]1CN(c2ccc(C#N)c3ncccc23)C[C@@H]2c3ccc(N4CCNC[C@@H]4CO)cc3CN12. The lowest BCUT2D eigenvalue weighted by atomic mass is 9.99. The molecule has 174 valence electrons. The Morgan fingerprint density at radius 3 is 2.97 bits per heavy atom. The maximum atomic E-state index is 9.85. The topological polar surface area (TPSA) is 78.7 Å². The first-order valence-electron chi connectivity index (χ1n) is 12.2. The van der Waals surface area contributed by atoms with Gasteiger partial charge in [0.05, 0.1) is 29.8 Å². The molecule has 7 heteroatoms. The van der Waals surface area contributed by atoms with E-state index < -0.39 is 0 Å². The number of nitriles is 1. The van der Waals surface area contributed by atoms with Crippen molar-refractivity contribution in [1.29, 1.82) is 5.26 Å². The highest BCUT2D eigenvalue weighted by molar-refractivity contribution is 5.95. The molecule has 0 spiro atoms. The summed E-state index contributed by atoms with van der Waals surface area (Å²) >= 11 is 0. The number of piperazine rings is 2. The molecule has 2 N–H and O–H groups in total. The first kappa shape index (κ1) is 21.4. The van der Waals surface area contributed by atoms with Gasteiger partial charge in [0.25, 0.3) is 0 Å². The second-order valence-corrected chi connectivity index (χ2v) is 9.70. The summed E-state index contributed by atoms with van der Waals surface area (Å²) in [5.74, 6) is 0. The molecule has 7 nitrogen and oxygen atoms in total. The summed E-state index contributed by atoms with van der Waals surface area (Å²) < 4.78 is 0. The minimum absolute atomic E-state index is 0.128. The van der Waals surface area contributed by atoms with E-state index in [0.717, 1.165) is 55.9 Å². The molecule has 4 heterocycles. The van der Waals surface area contributed by atoms with Gasteiger partial charge in [0.15, 0.2) is 0 Å². The normalized spacial score (nSPS) is 24.7. The largest absolute Gasteiger partial charge is 0.394 e. The Bertz CT molecular complexity index is 1270. The maximum absolute atomic E-state index is 9.85. The van der Waals surface area contributed by atoms with Gasteiger partial charge < -0.3 is 20.2 Å². The van der Waals surface area contributed by atoms with Crippen molar-refractivity contribution < 1.29 is 5.11 Å². The van der Waals surface area contributed by atoms with Gasteiger partial charge in [-0.05, 0) is 54.4 Å². The number of anilines is 2. The van der Waals surface area contributed by atoms with Crippen molar-refractivity contribution in [3.05, 3.63) is 65.4 Å². The molecule has 34 heavy (non-hydrogen) atoms. The first-order valence-corrected chi connectivity index (χ1v) is 12.2. The van der Waals surface area contributed by atoms with Gasteiger partial charge in [-0.2, -0.15) is 5.26 Å². The van der Waals surface area contributed by atoms with E-state index in [9.17, 15) is 10.4 Å². The minimum atomic E-state index is 0.128. The van der Waals surface area contributed by atoms with Crippen LogP contribution in [0.2, 0.25) is 0 Å². The van der Waals surface area contributed by atoms with Gasteiger partial charge in [0.2, 0.25) is 0 Å². The van der Waals surface area contributed by atoms with Crippen LogP contribution in [0, 0.1) is 11.3 Å². The number of hydrogen-bond acceptors (Lipinski definition) is 7. The van der Waals surface area contributed by atoms with Crippen molar-refractivity contribution in [2.75, 3.05) is 49.1 Å². The number of nitrogens with one attached hydrogen (secondary N) is 1. The van der Waals surface area contributed by atoms with Crippen LogP contribution in [0.1, 0.15) is 29.7 Å². The highest BCUT2D eigenvalue weighted by Crippen LogP contribution is 2.42. The van der Waals surface area contributed by atoms with Gasteiger partial charge in [0.1, 0.15) is 6.07 Å². The van der Waals surface area contributed by atoms with Crippen LogP contribution < -0.4 is 15.1 Å². The number of nitrogens with zero attached hydrogens (tertiary/aromatic N) is 5. The molecular weight excluding hydrogens is 424 g/mol. The summed E-state index contributed by atoms with van der Waals surface area (Å²) in [6, 6.07) is 18.1. The fourth-order valence-corrected chi connectivity index (χ4v) is 6.08. The second-order valence-electron chi connectivity index (χ2n) is 9.70. The number of benzene rings is 2. The molecule has 0 aliphatic carbocycles. The third kappa shape index (κ3) is 3.41. The van der Waals surface area contributed by atoms with Crippen LogP contribution in [0.3, 0.4) is 0 Å². The number of pyridine rings is 1. The van der Waals surface area contributed by atoms with Crippen LogP contribution in [-0.2, 0) is 6.54 Å². The number of aliphatic hydroxyl groups excluding tert-OH is 1. The van der Waals surface area contributed by atoms with Crippen molar-refractivity contribution >= 4 is 22.3 Å². The summed E-state index contributed by atoms with van der Waals surface area (Å²) in [6.45, 7) is 7.99. The predicted molar refractivity (Wildman–Crippen MR) is 134 cm³/mol. The Morgan fingerprint density at radius 2 is 2.12 bits per heavy atom. The molecule has 3 aliphatic heterocycles. The molecule has 1 aromatic heterocycles. The van der Waals surface area contributed by atoms with Gasteiger partial charge in [-0.25, -0.2) is 0 Å². The van der Waals surface area contributed by atoms with E-state index in [4.69, 9.17) is 0 Å². The van der Waals surface area contributed by atoms with E-state index in [-0.39, 0.29) is 12.6 Å². The number of aromatic nitrogens is 1. The summed E-state index contributed by atoms with van der Waals surface area (Å²) in [7, 11) is 0. The number of aliphatic hydroxyl groups is 1. The monoisotopic (exact) mass is 454 g/mol. The summed E-state index contributed by atoms with van der Waals surface area (Å²) in [4.78, 5) is 11.9. The van der Waals surface area contributed by atoms with Crippen molar-refractivity contribution in [3.63, 3.8) is 0 Å². The van der Waals surface area contributed by atoms with E-state index in [1.807, 2.05) is 12.1 Å². The molecule has 0 radical (unpaired) electrons. The standard InChI is InChI=1S/C27H30N6O/c1-18-14-31(25-7-4-19(12-28)27-24(25)3-2-8-30-27)16-26-23-6-5-21(11-20(23)15-33(18)26)32-10-9-29-13-22(32)17-34/h2-8,11,18,22,26,29,34H,9-10,13-17H2,1H3/t18-,22-,26-/m1/s1. The molecule has 2 fully saturated rings. The van der Waals surface area contributed by atoms with Gasteiger partial charge in [-0.15, -0.1) is 0 Å². The zero-order valence-corrected chi connectivity index (χ0v) is 19.5. The molecule has 0 unspecified atom stereocenters. The predicted octanol–water partition coefficient (Wildman–Crippen LogP) is 2.64. The molecule has 3 atom stereocenters. The molecule has 2 aromatic carbocycles. The fourth-order valence-electron chi connectivity index (χ4n) is 6.08. The lowest BCUT2D eigenvalue weighted by Crippen LogP contribution is -2.53. The first-order chi connectivity index (χ1) is 16.7. The molecule has 6 rings (SSSR count). The van der Waals surface area contributed by atoms with Gasteiger partial charge in [-0.3, -0.25) is 9.88 Å². The van der Waals surface area contributed by atoms with Crippen LogP contribution in [-0.4, -0.2) is 66.4 Å².